The number of rotatable bonds is 1. The number of para-hydroxylation sites is 2. The van der Waals surface area contributed by atoms with E-state index in [2.05, 4.69) is 21.4 Å². The largest absolute Gasteiger partial charge is 0.508 e. The first-order chi connectivity index (χ1) is 10.8. The van der Waals surface area contributed by atoms with Gasteiger partial charge >= 0.3 is 9.28 Å². The van der Waals surface area contributed by atoms with E-state index in [1.165, 1.54) is 10.5 Å². The Kier molecular flexibility index (Phi) is 4.89. The van der Waals surface area contributed by atoms with E-state index in [4.69, 9.17) is 8.85 Å². The molecule has 0 saturated carbocycles. The second kappa shape index (κ2) is 7.26. The normalized spacial score (nSPS) is 12.4. The van der Waals surface area contributed by atoms with Crippen LogP contribution < -0.4 is 19.3 Å². The maximum Gasteiger partial charge on any atom is 0.479 e. The lowest BCUT2D eigenvalue weighted by atomic mass is 10.3. The van der Waals surface area contributed by atoms with Gasteiger partial charge in [-0.05, 0) is 17.4 Å². The summed E-state index contributed by atoms with van der Waals surface area (Å²) >= 11 is 0. The molecule has 0 spiro atoms. The maximum absolute atomic E-state index is 5.81. The summed E-state index contributed by atoms with van der Waals surface area (Å²) in [5.74, 6) is 1.75. The van der Waals surface area contributed by atoms with Gasteiger partial charge in [0, 0.05) is 5.19 Å². The Morgan fingerprint density at radius 3 is 1.50 bits per heavy atom. The summed E-state index contributed by atoms with van der Waals surface area (Å²) in [5.41, 5.74) is 0. The summed E-state index contributed by atoms with van der Waals surface area (Å²) in [6.45, 7) is 0. The molecule has 1 heterocycles. The van der Waals surface area contributed by atoms with Gasteiger partial charge in [-0.1, -0.05) is 72.8 Å². The van der Waals surface area contributed by atoms with Crippen molar-refractivity contribution < 1.29 is 8.85 Å². The molecule has 4 heteroatoms. The number of hydrogen-bond acceptors (Lipinski definition) is 2. The highest BCUT2D eigenvalue weighted by Gasteiger charge is 2.28. The molecule has 2 nitrogen and oxygen atoms in total. The quantitative estimate of drug-likeness (QED) is 0.506. The molecular formula is C18H17O2PSi. The Morgan fingerprint density at radius 1 is 0.591 bits per heavy atom. The van der Waals surface area contributed by atoms with Gasteiger partial charge in [0.05, 0.1) is 0 Å². The first-order valence-corrected chi connectivity index (χ1v) is 9.20. The van der Waals surface area contributed by atoms with Gasteiger partial charge in [0.25, 0.3) is 0 Å². The predicted molar refractivity (Wildman–Crippen MR) is 96.7 cm³/mol. The van der Waals surface area contributed by atoms with Crippen LogP contribution in [0.2, 0.25) is 0 Å². The Morgan fingerprint density at radius 2 is 1.05 bits per heavy atom. The van der Waals surface area contributed by atoms with E-state index >= 15 is 0 Å². The fourth-order valence-electron chi connectivity index (χ4n) is 2.10. The average Bonchev–Trinajstić information content (AvgIpc) is 3.01. The SMILES string of the molecule is Pc1ccccc1.c1ccc([SiH]2Oc3ccccc3O2)cc1. The molecule has 0 radical (unpaired) electrons. The van der Waals surface area contributed by atoms with Gasteiger partial charge in [0.15, 0.2) is 0 Å². The molecule has 1 aliphatic heterocycles. The summed E-state index contributed by atoms with van der Waals surface area (Å²) in [4.78, 5) is 0. The monoisotopic (exact) mass is 324 g/mol. The third kappa shape index (κ3) is 3.76. The summed E-state index contributed by atoms with van der Waals surface area (Å²) in [7, 11) is 0.902. The molecule has 1 unspecified atom stereocenters. The van der Waals surface area contributed by atoms with Gasteiger partial charge < -0.3 is 8.85 Å². The van der Waals surface area contributed by atoms with Crippen LogP contribution in [0.1, 0.15) is 0 Å². The molecule has 0 aromatic heterocycles. The first-order valence-electron chi connectivity index (χ1n) is 7.11. The van der Waals surface area contributed by atoms with Crippen LogP contribution in [0.15, 0.2) is 84.9 Å². The molecule has 0 saturated heterocycles. The van der Waals surface area contributed by atoms with Crippen LogP contribution in [-0.4, -0.2) is 9.28 Å². The Hall–Kier alpha value is -2.09. The number of benzene rings is 3. The van der Waals surface area contributed by atoms with Crippen molar-refractivity contribution in [2.75, 3.05) is 0 Å². The van der Waals surface area contributed by atoms with E-state index in [0.717, 1.165) is 11.5 Å². The first kappa shape index (κ1) is 14.8. The van der Waals surface area contributed by atoms with Crippen molar-refractivity contribution in [1.82, 2.24) is 0 Å². The van der Waals surface area contributed by atoms with Gasteiger partial charge in [-0.15, -0.1) is 9.24 Å². The predicted octanol–water partition coefficient (Wildman–Crippen LogP) is 2.77. The fourth-order valence-corrected chi connectivity index (χ4v) is 4.03. The zero-order valence-corrected chi connectivity index (χ0v) is 14.4. The van der Waals surface area contributed by atoms with Crippen molar-refractivity contribution in [2.45, 2.75) is 0 Å². The minimum Gasteiger partial charge on any atom is -0.508 e. The van der Waals surface area contributed by atoms with Crippen LogP contribution in [0.4, 0.5) is 0 Å². The fraction of sp³-hybridized carbons (Fsp3) is 0. The molecule has 110 valence electrons. The molecule has 3 aromatic carbocycles. The zero-order valence-electron chi connectivity index (χ0n) is 12.1. The molecule has 1 aliphatic rings. The van der Waals surface area contributed by atoms with Gasteiger partial charge in [0.1, 0.15) is 11.5 Å². The van der Waals surface area contributed by atoms with Crippen molar-refractivity contribution in [3.05, 3.63) is 84.9 Å². The van der Waals surface area contributed by atoms with Crippen molar-refractivity contribution in [3.63, 3.8) is 0 Å². The topological polar surface area (TPSA) is 18.5 Å². The number of fused-ring (bicyclic) bond motifs is 1. The van der Waals surface area contributed by atoms with Gasteiger partial charge in [-0.25, -0.2) is 0 Å². The highest BCUT2D eigenvalue weighted by atomic mass is 31.0. The standard InChI is InChI=1S/C12H10O2Si.C6H7P/c1-2-6-10(7-3-1)15-13-11-8-4-5-9-12(11)14-15;7-6-4-2-1-3-5-6/h1-9,15H;1-5H,7H2. The van der Waals surface area contributed by atoms with Crippen molar-refractivity contribution in [1.29, 1.82) is 0 Å². The van der Waals surface area contributed by atoms with Crippen LogP contribution in [0, 0.1) is 0 Å². The van der Waals surface area contributed by atoms with Crippen LogP contribution >= 0.6 is 9.24 Å². The molecule has 1 atom stereocenters. The van der Waals surface area contributed by atoms with Crippen LogP contribution in [0.3, 0.4) is 0 Å². The second-order valence-electron chi connectivity index (χ2n) is 4.84. The molecule has 22 heavy (non-hydrogen) atoms. The minimum absolute atomic E-state index is 0.873. The van der Waals surface area contributed by atoms with E-state index in [0.29, 0.717) is 0 Å². The summed E-state index contributed by atoms with van der Waals surface area (Å²) in [6, 6.07) is 28.1. The summed E-state index contributed by atoms with van der Waals surface area (Å²) < 4.78 is 11.6. The zero-order chi connectivity index (χ0) is 15.2. The minimum atomic E-state index is -1.73. The lowest BCUT2D eigenvalue weighted by molar-refractivity contribution is 0.519. The molecule has 0 bridgehead atoms. The Bertz CT molecular complexity index is 694. The van der Waals surface area contributed by atoms with Crippen molar-refractivity contribution in [3.8, 4) is 11.5 Å². The molecule has 0 amide bonds. The van der Waals surface area contributed by atoms with Crippen LogP contribution in [0.5, 0.6) is 11.5 Å². The second-order valence-corrected chi connectivity index (χ2v) is 7.30. The van der Waals surface area contributed by atoms with E-state index < -0.39 is 9.28 Å². The third-order valence-electron chi connectivity index (χ3n) is 3.19. The molecule has 0 aliphatic carbocycles. The van der Waals surface area contributed by atoms with E-state index in [-0.39, 0.29) is 0 Å². The van der Waals surface area contributed by atoms with Crippen molar-refractivity contribution in [2.24, 2.45) is 0 Å². The van der Waals surface area contributed by atoms with Crippen molar-refractivity contribution >= 4 is 29.0 Å². The lowest BCUT2D eigenvalue weighted by Crippen LogP contribution is -2.38. The summed E-state index contributed by atoms with van der Waals surface area (Å²) in [5, 5.41) is 2.41. The van der Waals surface area contributed by atoms with E-state index in [1.54, 1.807) is 0 Å². The average molecular weight is 324 g/mol. The summed E-state index contributed by atoms with van der Waals surface area (Å²) in [6.07, 6.45) is 0. The molecular weight excluding hydrogens is 307 g/mol. The van der Waals surface area contributed by atoms with Gasteiger partial charge in [0.2, 0.25) is 0 Å². The van der Waals surface area contributed by atoms with E-state index in [1.807, 2.05) is 72.8 Å². The molecule has 0 N–H and O–H groups in total. The van der Waals surface area contributed by atoms with Gasteiger partial charge in [-0.3, -0.25) is 0 Å². The molecule has 3 aromatic rings. The Labute approximate surface area is 134 Å². The third-order valence-corrected chi connectivity index (χ3v) is 5.44. The smallest absolute Gasteiger partial charge is 0.479 e. The van der Waals surface area contributed by atoms with Gasteiger partial charge in [-0.2, -0.15) is 0 Å². The molecule has 4 rings (SSSR count). The highest BCUT2D eigenvalue weighted by molar-refractivity contribution is 7.27. The number of hydrogen-bond donors (Lipinski definition) is 0. The highest BCUT2D eigenvalue weighted by Crippen LogP contribution is 2.32. The van der Waals surface area contributed by atoms with E-state index in [9.17, 15) is 0 Å². The van der Waals surface area contributed by atoms with Crippen LogP contribution in [-0.2, 0) is 0 Å². The lowest BCUT2D eigenvalue weighted by Gasteiger charge is -2.06. The maximum atomic E-state index is 5.81. The Balaban J connectivity index is 0.000000174. The van der Waals surface area contributed by atoms with Crippen LogP contribution in [0.25, 0.3) is 0 Å². The molecule has 0 fully saturated rings.